The quantitative estimate of drug-likeness (QED) is 0.829. The third-order valence-electron chi connectivity index (χ3n) is 2.94. The van der Waals surface area contributed by atoms with Crippen LogP contribution in [0.4, 0.5) is 0 Å². The second-order valence-corrected chi connectivity index (χ2v) is 4.03. The Kier molecular flexibility index (Phi) is 3.00. The van der Waals surface area contributed by atoms with Gasteiger partial charge in [0.1, 0.15) is 5.75 Å². The van der Waals surface area contributed by atoms with Crippen LogP contribution >= 0.6 is 0 Å². The van der Waals surface area contributed by atoms with Gasteiger partial charge in [0.15, 0.2) is 0 Å². The van der Waals surface area contributed by atoms with Gasteiger partial charge in [0, 0.05) is 0 Å². The van der Waals surface area contributed by atoms with Crippen LogP contribution in [0, 0.1) is 0 Å². The minimum absolute atomic E-state index is 0.485. The first-order valence-electron chi connectivity index (χ1n) is 5.42. The molecular formula is C14H14O3. The summed E-state index contributed by atoms with van der Waals surface area (Å²) in [4.78, 5) is 10.9. The van der Waals surface area contributed by atoms with Crippen molar-refractivity contribution in [2.24, 2.45) is 0 Å². The van der Waals surface area contributed by atoms with Crippen molar-refractivity contribution in [2.75, 3.05) is 7.11 Å². The van der Waals surface area contributed by atoms with E-state index in [0.29, 0.717) is 0 Å². The van der Waals surface area contributed by atoms with Crippen molar-refractivity contribution in [1.29, 1.82) is 0 Å². The summed E-state index contributed by atoms with van der Waals surface area (Å²) < 4.78 is 5.14. The lowest BCUT2D eigenvalue weighted by molar-refractivity contribution is -0.138. The van der Waals surface area contributed by atoms with E-state index >= 15 is 0 Å². The highest BCUT2D eigenvalue weighted by atomic mass is 16.5. The molecule has 0 saturated carbocycles. The number of hydrogen-bond acceptors (Lipinski definition) is 2. The number of rotatable bonds is 3. The van der Waals surface area contributed by atoms with E-state index in [1.807, 2.05) is 36.4 Å². The summed E-state index contributed by atoms with van der Waals surface area (Å²) in [6.07, 6.45) is 0. The lowest BCUT2D eigenvalue weighted by Gasteiger charge is -2.08. The largest absolute Gasteiger partial charge is 0.497 e. The molecule has 0 saturated heterocycles. The van der Waals surface area contributed by atoms with Crippen LogP contribution in [-0.2, 0) is 4.79 Å². The molecule has 0 aliphatic heterocycles. The average molecular weight is 233 g/mol. The van der Waals surface area contributed by atoms with Crippen LogP contribution in [0.3, 0.4) is 0 Å². The normalized spacial score (nSPS) is 12.4. The monoisotopic (exact) mass is 233 g/mol. The lowest BCUT2D eigenvalue weighted by atomic mass is 10.0. The van der Waals surface area contributed by atoms with Crippen LogP contribution in [0.1, 0.15) is 18.4 Å². The van der Waals surface area contributed by atoms with E-state index in [0.717, 1.165) is 22.1 Å². The molecule has 3 heteroatoms. The maximum Gasteiger partial charge on any atom is 0.310 e. The fraction of sp³-hybridized carbons (Fsp3) is 0.214. The molecule has 0 aliphatic carbocycles. The highest BCUT2D eigenvalue weighted by Crippen LogP contribution is 2.25. The van der Waals surface area contributed by atoms with E-state index in [1.165, 1.54) is 0 Å². The molecule has 1 unspecified atom stereocenters. The first-order chi connectivity index (χ1) is 8.11. The Morgan fingerprint density at radius 2 is 1.82 bits per heavy atom. The number of hydrogen-bond donors (Lipinski definition) is 1. The second kappa shape index (κ2) is 4.45. The zero-order valence-electron chi connectivity index (χ0n) is 9.81. The highest BCUT2D eigenvalue weighted by molar-refractivity contribution is 5.86. The molecule has 2 aromatic rings. The SMILES string of the molecule is [13CH3]Oc1ccc2cc(C([13CH3])[13C](=O)O)ccc2c1. The fourth-order valence-electron chi connectivity index (χ4n) is 1.78. The Morgan fingerprint density at radius 3 is 2.47 bits per heavy atom. The molecule has 0 amide bonds. The van der Waals surface area contributed by atoms with Gasteiger partial charge in [-0.3, -0.25) is 4.79 Å². The van der Waals surface area contributed by atoms with Gasteiger partial charge in [0.2, 0.25) is 0 Å². The Bertz CT molecular complexity index is 560. The van der Waals surface area contributed by atoms with Crippen molar-refractivity contribution in [1.82, 2.24) is 0 Å². The number of aliphatic carboxylic acids is 1. The molecule has 1 N–H and O–H groups in total. The van der Waals surface area contributed by atoms with Crippen LogP contribution < -0.4 is 4.74 Å². The zero-order valence-corrected chi connectivity index (χ0v) is 9.81. The van der Waals surface area contributed by atoms with Crippen molar-refractivity contribution >= 4 is 16.7 Å². The first-order valence-corrected chi connectivity index (χ1v) is 5.42. The van der Waals surface area contributed by atoms with Gasteiger partial charge in [-0.25, -0.2) is 0 Å². The van der Waals surface area contributed by atoms with E-state index in [2.05, 4.69) is 0 Å². The van der Waals surface area contributed by atoms with Crippen LogP contribution in [-0.4, -0.2) is 18.2 Å². The summed E-state index contributed by atoms with van der Waals surface area (Å²) >= 11 is 0. The van der Waals surface area contributed by atoms with Crippen molar-refractivity contribution < 1.29 is 14.6 Å². The number of carboxylic acid groups (broad SMARTS) is 1. The Morgan fingerprint density at radius 1 is 1.18 bits per heavy atom. The average Bonchev–Trinajstić information content (AvgIpc) is 2.36. The molecule has 17 heavy (non-hydrogen) atoms. The predicted octanol–water partition coefficient (Wildman–Crippen LogP) is 3.04. The molecular weight excluding hydrogens is 219 g/mol. The van der Waals surface area contributed by atoms with Crippen LogP contribution in [0.5, 0.6) is 5.75 Å². The Labute approximate surface area is 99.6 Å². The smallest absolute Gasteiger partial charge is 0.310 e. The molecule has 3 nitrogen and oxygen atoms in total. The molecule has 0 fully saturated rings. The molecule has 0 bridgehead atoms. The summed E-state index contributed by atoms with van der Waals surface area (Å²) in [5.41, 5.74) is 0.815. The summed E-state index contributed by atoms with van der Waals surface area (Å²) in [5, 5.41) is 11.0. The van der Waals surface area contributed by atoms with Crippen molar-refractivity contribution in [3.8, 4) is 5.75 Å². The maximum absolute atomic E-state index is 10.9. The van der Waals surface area contributed by atoms with Gasteiger partial charge in [-0.05, 0) is 35.4 Å². The number of carboxylic acids is 1. The Balaban J connectivity index is 2.48. The summed E-state index contributed by atoms with van der Waals surface area (Å²) in [6.45, 7) is 1.69. The van der Waals surface area contributed by atoms with E-state index in [9.17, 15) is 4.79 Å². The van der Waals surface area contributed by atoms with E-state index in [1.54, 1.807) is 14.0 Å². The van der Waals surface area contributed by atoms with Gasteiger partial charge in [0.05, 0.1) is 13.0 Å². The molecule has 2 rings (SSSR count). The highest BCUT2D eigenvalue weighted by Gasteiger charge is 2.13. The molecule has 1 atom stereocenters. The standard InChI is InChI=1S/C14H14O3/c1-9(14(15)16)10-3-4-12-8-13(17-2)6-5-11(12)7-10/h3-9H,1-2H3,(H,15,16)/i1+1,2+1,14+1. The van der Waals surface area contributed by atoms with Gasteiger partial charge >= 0.3 is 5.97 Å². The maximum atomic E-state index is 10.9. The third-order valence-corrected chi connectivity index (χ3v) is 2.94. The molecule has 0 radical (unpaired) electrons. The number of ether oxygens (including phenoxy) is 1. The fourth-order valence-corrected chi connectivity index (χ4v) is 1.78. The van der Waals surface area contributed by atoms with Crippen LogP contribution in [0.25, 0.3) is 10.8 Å². The van der Waals surface area contributed by atoms with Gasteiger partial charge < -0.3 is 9.84 Å². The van der Waals surface area contributed by atoms with Gasteiger partial charge in [-0.1, -0.05) is 24.3 Å². The van der Waals surface area contributed by atoms with E-state index in [-0.39, 0.29) is 0 Å². The van der Waals surface area contributed by atoms with Crippen molar-refractivity contribution in [2.45, 2.75) is 12.8 Å². The second-order valence-electron chi connectivity index (χ2n) is 4.03. The first kappa shape index (κ1) is 11.5. The minimum atomic E-state index is -0.808. The van der Waals surface area contributed by atoms with Gasteiger partial charge in [0.25, 0.3) is 0 Å². The van der Waals surface area contributed by atoms with Gasteiger partial charge in [-0.15, -0.1) is 0 Å². The van der Waals surface area contributed by atoms with E-state index < -0.39 is 11.9 Å². The number of carbonyl (C=O) groups is 1. The Hall–Kier alpha value is -2.03. The number of methoxy groups -OCH3 is 1. The summed E-state index contributed by atoms with van der Waals surface area (Å²) in [6, 6.07) is 11.4. The molecule has 2 aromatic carbocycles. The molecule has 0 aliphatic rings. The minimum Gasteiger partial charge on any atom is -0.497 e. The number of fused-ring (bicyclic) bond motifs is 1. The molecule has 0 heterocycles. The zero-order chi connectivity index (χ0) is 12.4. The van der Waals surface area contributed by atoms with Crippen LogP contribution in [0.15, 0.2) is 36.4 Å². The molecule has 0 aromatic heterocycles. The van der Waals surface area contributed by atoms with E-state index in [4.69, 9.17) is 9.84 Å². The van der Waals surface area contributed by atoms with Crippen molar-refractivity contribution in [3.05, 3.63) is 42.0 Å². The number of benzene rings is 2. The lowest BCUT2D eigenvalue weighted by Crippen LogP contribution is -2.06. The predicted molar refractivity (Wildman–Crippen MR) is 66.6 cm³/mol. The summed E-state index contributed by atoms with van der Waals surface area (Å²) in [7, 11) is 1.63. The van der Waals surface area contributed by atoms with Crippen molar-refractivity contribution in [3.63, 3.8) is 0 Å². The topological polar surface area (TPSA) is 46.5 Å². The molecule has 88 valence electrons. The summed E-state index contributed by atoms with van der Waals surface area (Å²) in [5.74, 6) is -0.490. The van der Waals surface area contributed by atoms with Crippen LogP contribution in [0.2, 0.25) is 0 Å². The van der Waals surface area contributed by atoms with Gasteiger partial charge in [-0.2, -0.15) is 0 Å². The third kappa shape index (κ3) is 2.23. The molecule has 0 spiro atoms.